The van der Waals surface area contributed by atoms with Crippen LogP contribution in [0.1, 0.15) is 35.8 Å². The van der Waals surface area contributed by atoms with E-state index in [0.717, 1.165) is 24.1 Å². The van der Waals surface area contributed by atoms with Crippen LogP contribution in [0, 0.1) is 19.3 Å². The van der Waals surface area contributed by atoms with E-state index >= 15 is 0 Å². The highest BCUT2D eigenvalue weighted by Crippen LogP contribution is 2.27. The number of aliphatic hydroxyl groups is 1. The summed E-state index contributed by atoms with van der Waals surface area (Å²) in [7, 11) is 0. The third-order valence-electron chi connectivity index (χ3n) is 2.00. The molecule has 1 atom stereocenters. The van der Waals surface area contributed by atoms with Gasteiger partial charge in [-0.25, -0.2) is 0 Å². The Morgan fingerprint density at radius 1 is 1.69 bits per heavy atom. The molecule has 0 aliphatic heterocycles. The van der Waals surface area contributed by atoms with Gasteiger partial charge in [0.25, 0.3) is 0 Å². The Labute approximate surface area is 83.4 Å². The zero-order valence-electron chi connectivity index (χ0n) is 7.79. The van der Waals surface area contributed by atoms with Crippen molar-refractivity contribution in [1.29, 1.82) is 0 Å². The molecule has 0 spiro atoms. The van der Waals surface area contributed by atoms with Crippen LogP contribution >= 0.6 is 11.3 Å². The van der Waals surface area contributed by atoms with Gasteiger partial charge < -0.3 is 5.11 Å². The van der Waals surface area contributed by atoms with Gasteiger partial charge in [-0.3, -0.25) is 0 Å². The van der Waals surface area contributed by atoms with Crippen molar-refractivity contribution in [1.82, 2.24) is 0 Å². The average Bonchev–Trinajstić information content (AvgIpc) is 2.52. The fraction of sp³-hybridized carbons (Fsp3) is 0.455. The Morgan fingerprint density at radius 3 is 3.00 bits per heavy atom. The number of aryl methyl sites for hydroxylation is 1. The van der Waals surface area contributed by atoms with Crippen LogP contribution in [-0.2, 0) is 0 Å². The number of terminal acetylenes is 1. The fourth-order valence-electron chi connectivity index (χ4n) is 1.25. The largest absolute Gasteiger partial charge is 0.388 e. The first-order chi connectivity index (χ1) is 6.25. The lowest BCUT2D eigenvalue weighted by Gasteiger charge is -2.08. The van der Waals surface area contributed by atoms with Crippen molar-refractivity contribution < 1.29 is 5.11 Å². The molecule has 1 nitrogen and oxygen atoms in total. The van der Waals surface area contributed by atoms with E-state index in [1.807, 2.05) is 18.4 Å². The maximum Gasteiger partial charge on any atom is 0.0885 e. The molecule has 13 heavy (non-hydrogen) atoms. The van der Waals surface area contributed by atoms with E-state index in [1.54, 1.807) is 11.3 Å². The topological polar surface area (TPSA) is 20.2 Å². The molecule has 1 N–H and O–H groups in total. The first-order valence-electron chi connectivity index (χ1n) is 4.41. The summed E-state index contributed by atoms with van der Waals surface area (Å²) in [6.07, 6.45) is 7.23. The predicted octanol–water partition coefficient (Wildman–Crippen LogP) is 2.89. The maximum absolute atomic E-state index is 9.76. The van der Waals surface area contributed by atoms with Crippen molar-refractivity contribution in [3.8, 4) is 12.3 Å². The van der Waals surface area contributed by atoms with Crippen LogP contribution in [0.25, 0.3) is 0 Å². The molecule has 2 heteroatoms. The summed E-state index contributed by atoms with van der Waals surface area (Å²) in [6, 6.07) is 2.03. The summed E-state index contributed by atoms with van der Waals surface area (Å²) in [6.45, 7) is 2.02. The van der Waals surface area contributed by atoms with Crippen molar-refractivity contribution in [3.05, 3.63) is 21.9 Å². The second-order valence-corrected chi connectivity index (χ2v) is 4.03. The lowest BCUT2D eigenvalue weighted by molar-refractivity contribution is 0.168. The second-order valence-electron chi connectivity index (χ2n) is 3.08. The molecule has 1 unspecified atom stereocenters. The Morgan fingerprint density at radius 2 is 2.46 bits per heavy atom. The lowest BCUT2D eigenvalue weighted by Crippen LogP contribution is -1.95. The molecule has 0 radical (unpaired) electrons. The zero-order valence-corrected chi connectivity index (χ0v) is 8.60. The van der Waals surface area contributed by atoms with Crippen LogP contribution in [0.3, 0.4) is 0 Å². The van der Waals surface area contributed by atoms with Gasteiger partial charge >= 0.3 is 0 Å². The second kappa shape index (κ2) is 5.06. The summed E-state index contributed by atoms with van der Waals surface area (Å²) in [4.78, 5) is 1.08. The van der Waals surface area contributed by atoms with E-state index in [1.165, 1.54) is 5.56 Å². The van der Waals surface area contributed by atoms with E-state index < -0.39 is 0 Å². The molecular weight excluding hydrogens is 180 g/mol. The van der Waals surface area contributed by atoms with Crippen LogP contribution < -0.4 is 0 Å². The smallest absolute Gasteiger partial charge is 0.0885 e. The summed E-state index contributed by atoms with van der Waals surface area (Å²) in [5.41, 5.74) is 1.18. The molecular formula is C11H14OS. The highest BCUT2D eigenvalue weighted by Gasteiger charge is 2.10. The average molecular weight is 194 g/mol. The number of unbranched alkanes of at least 4 members (excludes halogenated alkanes) is 1. The van der Waals surface area contributed by atoms with Gasteiger partial charge in [-0.2, -0.15) is 0 Å². The molecule has 1 rings (SSSR count). The third-order valence-corrected chi connectivity index (χ3v) is 3.12. The van der Waals surface area contributed by atoms with Gasteiger partial charge in [0.2, 0.25) is 0 Å². The van der Waals surface area contributed by atoms with Crippen molar-refractivity contribution in [2.75, 3.05) is 0 Å². The van der Waals surface area contributed by atoms with Crippen LogP contribution in [0.2, 0.25) is 0 Å². The molecule has 0 aliphatic carbocycles. The van der Waals surface area contributed by atoms with E-state index in [0.29, 0.717) is 0 Å². The van der Waals surface area contributed by atoms with Crippen LogP contribution in [-0.4, -0.2) is 5.11 Å². The molecule has 0 fully saturated rings. The Bertz CT molecular complexity index is 295. The minimum atomic E-state index is -0.326. The van der Waals surface area contributed by atoms with Crippen molar-refractivity contribution in [2.24, 2.45) is 0 Å². The Balaban J connectivity index is 2.45. The van der Waals surface area contributed by atoms with Crippen LogP contribution in [0.15, 0.2) is 11.4 Å². The van der Waals surface area contributed by atoms with E-state index in [2.05, 4.69) is 5.92 Å². The molecule has 1 heterocycles. The Kier molecular flexibility index (Phi) is 4.01. The molecule has 1 aromatic rings. The number of hydrogen-bond acceptors (Lipinski definition) is 2. The summed E-state index contributed by atoms with van der Waals surface area (Å²) >= 11 is 1.61. The van der Waals surface area contributed by atoms with Gasteiger partial charge in [0.15, 0.2) is 0 Å². The molecule has 0 amide bonds. The Hall–Kier alpha value is -0.780. The van der Waals surface area contributed by atoms with Gasteiger partial charge in [0, 0.05) is 11.3 Å². The number of rotatable bonds is 4. The van der Waals surface area contributed by atoms with Crippen molar-refractivity contribution >= 4 is 11.3 Å². The summed E-state index contributed by atoms with van der Waals surface area (Å²) in [5, 5.41) is 11.8. The minimum Gasteiger partial charge on any atom is -0.388 e. The maximum atomic E-state index is 9.76. The van der Waals surface area contributed by atoms with E-state index in [-0.39, 0.29) is 6.10 Å². The van der Waals surface area contributed by atoms with Crippen molar-refractivity contribution in [2.45, 2.75) is 32.3 Å². The van der Waals surface area contributed by atoms with E-state index in [4.69, 9.17) is 6.42 Å². The standard InChI is InChI=1S/C11H14OS/c1-3-4-5-6-10(12)11-9(2)7-8-13-11/h1,7-8,10,12H,4-6H2,2H3. The highest BCUT2D eigenvalue weighted by molar-refractivity contribution is 7.10. The normalized spacial score (nSPS) is 12.4. The molecule has 0 aromatic carbocycles. The number of hydrogen-bond donors (Lipinski definition) is 1. The molecule has 0 saturated carbocycles. The number of thiophene rings is 1. The zero-order chi connectivity index (χ0) is 9.68. The summed E-state index contributed by atoms with van der Waals surface area (Å²) in [5.74, 6) is 2.58. The first kappa shape index (κ1) is 10.3. The first-order valence-corrected chi connectivity index (χ1v) is 5.29. The van der Waals surface area contributed by atoms with E-state index in [9.17, 15) is 5.11 Å². The van der Waals surface area contributed by atoms with Crippen LogP contribution in [0.4, 0.5) is 0 Å². The van der Waals surface area contributed by atoms with Gasteiger partial charge in [0.05, 0.1) is 6.10 Å². The monoisotopic (exact) mass is 194 g/mol. The predicted molar refractivity (Wildman–Crippen MR) is 56.7 cm³/mol. The quantitative estimate of drug-likeness (QED) is 0.577. The molecule has 0 saturated heterocycles. The third kappa shape index (κ3) is 2.87. The SMILES string of the molecule is C#CCCCC(O)c1sccc1C. The highest BCUT2D eigenvalue weighted by atomic mass is 32.1. The van der Waals surface area contributed by atoms with Gasteiger partial charge in [-0.15, -0.1) is 23.7 Å². The molecule has 0 aliphatic rings. The summed E-state index contributed by atoms with van der Waals surface area (Å²) < 4.78 is 0. The minimum absolute atomic E-state index is 0.326. The van der Waals surface area contributed by atoms with Crippen molar-refractivity contribution in [3.63, 3.8) is 0 Å². The number of aliphatic hydroxyl groups excluding tert-OH is 1. The van der Waals surface area contributed by atoms with Gasteiger partial charge in [-0.1, -0.05) is 0 Å². The van der Waals surface area contributed by atoms with Gasteiger partial charge in [0.1, 0.15) is 0 Å². The molecule has 70 valence electrons. The van der Waals surface area contributed by atoms with Gasteiger partial charge in [-0.05, 0) is 36.8 Å². The molecule has 1 aromatic heterocycles. The molecule has 0 bridgehead atoms. The lowest BCUT2D eigenvalue weighted by atomic mass is 10.1. The fourth-order valence-corrected chi connectivity index (χ4v) is 2.20. The van der Waals surface area contributed by atoms with Crippen LogP contribution in [0.5, 0.6) is 0 Å².